The van der Waals surface area contributed by atoms with Gasteiger partial charge < -0.3 is 9.76 Å². The maximum absolute atomic E-state index is 11.0. The SMILES string of the molecule is Cc1ccc(C=O)c(BOC(C)(C)C(C)(C)O)c1. The quantitative estimate of drug-likeness (QED) is 0.632. The predicted molar refractivity (Wildman–Crippen MR) is 74.8 cm³/mol. The summed E-state index contributed by atoms with van der Waals surface area (Å²) in [5.74, 6) is 0. The smallest absolute Gasteiger partial charge is 0.310 e. The standard InChI is InChI=1S/C14H21BO3/c1-10-6-7-11(9-16)12(8-10)15-18-14(4,5)13(2,3)17/h6-9,15,17H,1-5H3. The highest BCUT2D eigenvalue weighted by Crippen LogP contribution is 2.24. The Morgan fingerprint density at radius 3 is 2.39 bits per heavy atom. The molecule has 0 aromatic heterocycles. The van der Waals surface area contributed by atoms with E-state index in [1.807, 2.05) is 32.9 Å². The average molecular weight is 248 g/mol. The van der Waals surface area contributed by atoms with Crippen LogP contribution in [0.2, 0.25) is 0 Å². The van der Waals surface area contributed by atoms with Gasteiger partial charge in [-0.15, -0.1) is 0 Å². The van der Waals surface area contributed by atoms with Crippen LogP contribution in [0.25, 0.3) is 0 Å². The summed E-state index contributed by atoms with van der Waals surface area (Å²) in [5, 5.41) is 10.0. The predicted octanol–water partition coefficient (Wildman–Crippen LogP) is 1.35. The van der Waals surface area contributed by atoms with E-state index in [-0.39, 0.29) is 0 Å². The van der Waals surface area contributed by atoms with E-state index >= 15 is 0 Å². The monoisotopic (exact) mass is 248 g/mol. The van der Waals surface area contributed by atoms with Crippen LogP contribution in [0.15, 0.2) is 18.2 Å². The second kappa shape index (κ2) is 5.25. The van der Waals surface area contributed by atoms with Gasteiger partial charge in [0.25, 0.3) is 0 Å². The molecule has 1 aromatic carbocycles. The molecule has 0 heterocycles. The zero-order chi connectivity index (χ0) is 14.0. The van der Waals surface area contributed by atoms with Gasteiger partial charge in [0.2, 0.25) is 0 Å². The summed E-state index contributed by atoms with van der Waals surface area (Å²) in [4.78, 5) is 11.0. The van der Waals surface area contributed by atoms with Gasteiger partial charge in [-0.2, -0.15) is 0 Å². The molecular weight excluding hydrogens is 227 g/mol. The van der Waals surface area contributed by atoms with Gasteiger partial charge in [0.1, 0.15) is 6.29 Å². The van der Waals surface area contributed by atoms with Crippen LogP contribution in [0.4, 0.5) is 0 Å². The molecule has 0 bridgehead atoms. The third-order valence-corrected chi connectivity index (χ3v) is 3.49. The van der Waals surface area contributed by atoms with Gasteiger partial charge in [-0.25, -0.2) is 0 Å². The van der Waals surface area contributed by atoms with Crippen LogP contribution in [0.3, 0.4) is 0 Å². The van der Waals surface area contributed by atoms with Gasteiger partial charge in [-0.3, -0.25) is 4.79 Å². The van der Waals surface area contributed by atoms with Crippen LogP contribution in [-0.2, 0) is 4.65 Å². The molecule has 98 valence electrons. The highest BCUT2D eigenvalue weighted by Gasteiger charge is 2.35. The van der Waals surface area contributed by atoms with Crippen molar-refractivity contribution in [3.05, 3.63) is 29.3 Å². The van der Waals surface area contributed by atoms with Crippen molar-refractivity contribution in [1.29, 1.82) is 0 Å². The maximum atomic E-state index is 11.0. The molecule has 1 aromatic rings. The van der Waals surface area contributed by atoms with Crippen LogP contribution in [0.1, 0.15) is 43.6 Å². The molecule has 0 aliphatic carbocycles. The molecule has 0 aliphatic rings. The minimum absolute atomic E-state index is 0.312. The third kappa shape index (κ3) is 3.43. The van der Waals surface area contributed by atoms with Crippen molar-refractivity contribution in [3.8, 4) is 0 Å². The first-order valence-corrected chi connectivity index (χ1v) is 6.08. The Hall–Kier alpha value is -1.13. The normalized spacial score (nSPS) is 12.3. The number of hydrogen-bond donors (Lipinski definition) is 1. The Labute approximate surface area is 109 Å². The number of aldehydes is 1. The lowest BCUT2D eigenvalue weighted by Gasteiger charge is -2.37. The van der Waals surface area contributed by atoms with Crippen molar-refractivity contribution in [2.45, 2.75) is 45.8 Å². The largest absolute Gasteiger partial charge is 0.427 e. The Bertz CT molecular complexity index is 433. The van der Waals surface area contributed by atoms with E-state index in [9.17, 15) is 9.90 Å². The van der Waals surface area contributed by atoms with E-state index in [2.05, 4.69) is 0 Å². The van der Waals surface area contributed by atoms with Crippen LogP contribution in [-0.4, -0.2) is 30.1 Å². The zero-order valence-electron chi connectivity index (χ0n) is 11.8. The Morgan fingerprint density at radius 1 is 1.28 bits per heavy atom. The first-order chi connectivity index (χ1) is 8.17. The minimum atomic E-state index is -0.946. The van der Waals surface area contributed by atoms with Gasteiger partial charge in [-0.1, -0.05) is 23.8 Å². The summed E-state index contributed by atoms with van der Waals surface area (Å²) in [6.07, 6.45) is 0.829. The number of aryl methyl sites for hydroxylation is 1. The lowest BCUT2D eigenvalue weighted by Crippen LogP contribution is -2.49. The van der Waals surface area contributed by atoms with E-state index in [1.165, 1.54) is 0 Å². The van der Waals surface area contributed by atoms with Crippen molar-refractivity contribution in [2.75, 3.05) is 0 Å². The molecule has 0 radical (unpaired) electrons. The number of aliphatic hydroxyl groups is 1. The number of rotatable bonds is 5. The second-order valence-corrected chi connectivity index (χ2v) is 5.68. The van der Waals surface area contributed by atoms with Gasteiger partial charge in [0, 0.05) is 5.56 Å². The van der Waals surface area contributed by atoms with E-state index in [1.54, 1.807) is 19.9 Å². The molecular formula is C14H21BO3. The summed E-state index contributed by atoms with van der Waals surface area (Å²) in [6, 6.07) is 5.62. The lowest BCUT2D eigenvalue weighted by molar-refractivity contribution is -0.0893. The summed E-state index contributed by atoms with van der Waals surface area (Å²) in [5.41, 5.74) is 0.935. The van der Waals surface area contributed by atoms with Gasteiger partial charge in [-0.05, 0) is 40.1 Å². The van der Waals surface area contributed by atoms with Crippen LogP contribution >= 0.6 is 0 Å². The highest BCUT2D eigenvalue weighted by molar-refractivity contribution is 6.49. The molecule has 1 N–H and O–H groups in total. The molecule has 4 heteroatoms. The molecule has 0 amide bonds. The number of benzene rings is 1. The molecule has 3 nitrogen and oxygen atoms in total. The fourth-order valence-electron chi connectivity index (χ4n) is 1.41. The second-order valence-electron chi connectivity index (χ2n) is 5.68. The van der Waals surface area contributed by atoms with Crippen molar-refractivity contribution < 1.29 is 14.6 Å². The van der Waals surface area contributed by atoms with Crippen LogP contribution in [0, 0.1) is 6.92 Å². The highest BCUT2D eigenvalue weighted by atomic mass is 16.5. The molecule has 18 heavy (non-hydrogen) atoms. The van der Waals surface area contributed by atoms with Crippen molar-refractivity contribution >= 4 is 19.2 Å². The van der Waals surface area contributed by atoms with E-state index in [0.29, 0.717) is 13.0 Å². The lowest BCUT2D eigenvalue weighted by atomic mass is 9.80. The average Bonchev–Trinajstić information content (AvgIpc) is 2.25. The number of carbonyl (C=O) groups excluding carboxylic acids is 1. The van der Waals surface area contributed by atoms with Gasteiger partial charge >= 0.3 is 7.48 Å². The molecule has 0 saturated carbocycles. The van der Waals surface area contributed by atoms with E-state index in [0.717, 1.165) is 17.3 Å². The first-order valence-electron chi connectivity index (χ1n) is 6.08. The zero-order valence-corrected chi connectivity index (χ0v) is 11.8. The fraction of sp³-hybridized carbons (Fsp3) is 0.500. The summed E-state index contributed by atoms with van der Waals surface area (Å²) in [6.45, 7) is 9.07. The van der Waals surface area contributed by atoms with Crippen molar-refractivity contribution in [3.63, 3.8) is 0 Å². The summed E-state index contributed by atoms with van der Waals surface area (Å²) < 4.78 is 5.77. The van der Waals surface area contributed by atoms with Gasteiger partial charge in [0.05, 0.1) is 11.2 Å². The molecule has 0 atom stereocenters. The Morgan fingerprint density at radius 2 is 1.89 bits per heavy atom. The number of carbonyl (C=O) groups is 1. The molecule has 0 fully saturated rings. The Kier molecular flexibility index (Phi) is 4.35. The summed E-state index contributed by atoms with van der Waals surface area (Å²) >= 11 is 0. The van der Waals surface area contributed by atoms with Crippen molar-refractivity contribution in [2.24, 2.45) is 0 Å². The van der Waals surface area contributed by atoms with Crippen LogP contribution < -0.4 is 5.46 Å². The molecule has 0 aliphatic heterocycles. The summed E-state index contributed by atoms with van der Waals surface area (Å²) in [7, 11) is 0.312. The molecule has 0 spiro atoms. The first kappa shape index (κ1) is 14.9. The Balaban J connectivity index is 2.87. The molecule has 0 saturated heterocycles. The fourth-order valence-corrected chi connectivity index (χ4v) is 1.41. The van der Waals surface area contributed by atoms with Crippen molar-refractivity contribution in [1.82, 2.24) is 0 Å². The van der Waals surface area contributed by atoms with Crippen LogP contribution in [0.5, 0.6) is 0 Å². The number of hydrogen-bond acceptors (Lipinski definition) is 3. The van der Waals surface area contributed by atoms with E-state index < -0.39 is 11.2 Å². The van der Waals surface area contributed by atoms with E-state index in [4.69, 9.17) is 4.65 Å². The molecule has 1 rings (SSSR count). The third-order valence-electron chi connectivity index (χ3n) is 3.49. The topological polar surface area (TPSA) is 46.5 Å². The molecule has 0 unspecified atom stereocenters. The maximum Gasteiger partial charge on any atom is 0.310 e. The minimum Gasteiger partial charge on any atom is -0.427 e. The van der Waals surface area contributed by atoms with Gasteiger partial charge in [0.15, 0.2) is 0 Å².